The van der Waals surface area contributed by atoms with Crippen LogP contribution in [0, 0.1) is 5.92 Å². The molecule has 0 aliphatic heterocycles. The topological polar surface area (TPSA) is 0 Å². The lowest BCUT2D eigenvalue weighted by Crippen LogP contribution is -2.04. The Morgan fingerprint density at radius 2 is 2.18 bits per heavy atom. The van der Waals surface area contributed by atoms with Gasteiger partial charge in [0.05, 0.1) is 0 Å². The molecule has 1 aliphatic rings. The Bertz CT molecular complexity index is 361. The molecule has 0 fully saturated rings. The molecular weight excluding hydrogens is 204 g/mol. The SMILES string of the molecule is C/C=C\C(=C/CC)C(CC)C1=CC=CCC=C1. The molecule has 0 N–H and O–H groups in total. The fourth-order valence-electron chi connectivity index (χ4n) is 2.25. The van der Waals surface area contributed by atoms with Gasteiger partial charge in [-0.2, -0.15) is 0 Å². The van der Waals surface area contributed by atoms with Crippen molar-refractivity contribution in [3.8, 4) is 0 Å². The van der Waals surface area contributed by atoms with Gasteiger partial charge in [0.1, 0.15) is 0 Å². The van der Waals surface area contributed by atoms with Crippen molar-refractivity contribution >= 4 is 0 Å². The zero-order valence-electron chi connectivity index (χ0n) is 11.3. The molecule has 0 radical (unpaired) electrons. The van der Waals surface area contributed by atoms with Crippen molar-refractivity contribution in [1.29, 1.82) is 0 Å². The molecule has 0 heterocycles. The maximum absolute atomic E-state index is 2.34. The molecule has 1 atom stereocenters. The fraction of sp³-hybridized carbons (Fsp3) is 0.412. The molecule has 0 heteroatoms. The molecule has 0 aromatic heterocycles. The molecule has 0 saturated carbocycles. The summed E-state index contributed by atoms with van der Waals surface area (Å²) in [6.45, 7) is 6.56. The third-order valence-electron chi connectivity index (χ3n) is 3.02. The van der Waals surface area contributed by atoms with E-state index in [-0.39, 0.29) is 0 Å². The molecule has 0 saturated heterocycles. The van der Waals surface area contributed by atoms with Gasteiger partial charge in [0.2, 0.25) is 0 Å². The monoisotopic (exact) mass is 228 g/mol. The Kier molecular flexibility index (Phi) is 6.39. The summed E-state index contributed by atoms with van der Waals surface area (Å²) in [5.74, 6) is 0.533. The molecule has 0 amide bonds. The van der Waals surface area contributed by atoms with Crippen molar-refractivity contribution in [2.24, 2.45) is 5.92 Å². The molecule has 0 aromatic rings. The number of rotatable bonds is 5. The summed E-state index contributed by atoms with van der Waals surface area (Å²) in [4.78, 5) is 0. The molecule has 1 aliphatic carbocycles. The van der Waals surface area contributed by atoms with Crippen LogP contribution in [0.3, 0.4) is 0 Å². The van der Waals surface area contributed by atoms with E-state index in [4.69, 9.17) is 0 Å². The van der Waals surface area contributed by atoms with Crippen molar-refractivity contribution < 1.29 is 0 Å². The molecule has 1 rings (SSSR count). The molecule has 0 aromatic carbocycles. The summed E-state index contributed by atoms with van der Waals surface area (Å²) >= 11 is 0. The third-order valence-corrected chi connectivity index (χ3v) is 3.02. The summed E-state index contributed by atoms with van der Waals surface area (Å²) < 4.78 is 0. The van der Waals surface area contributed by atoms with Crippen LogP contribution in [0.5, 0.6) is 0 Å². The highest BCUT2D eigenvalue weighted by Gasteiger charge is 2.13. The second-order valence-electron chi connectivity index (χ2n) is 4.31. The highest BCUT2D eigenvalue weighted by Crippen LogP contribution is 2.27. The summed E-state index contributed by atoms with van der Waals surface area (Å²) in [7, 11) is 0. The van der Waals surface area contributed by atoms with Gasteiger partial charge in [-0.15, -0.1) is 0 Å². The van der Waals surface area contributed by atoms with Crippen molar-refractivity contribution in [3.05, 3.63) is 59.8 Å². The van der Waals surface area contributed by atoms with Crippen LogP contribution in [-0.4, -0.2) is 0 Å². The first-order chi connectivity index (χ1) is 8.33. The molecule has 0 spiro atoms. The van der Waals surface area contributed by atoms with Gasteiger partial charge < -0.3 is 0 Å². The van der Waals surface area contributed by atoms with Gasteiger partial charge in [0.25, 0.3) is 0 Å². The first-order valence-electron chi connectivity index (χ1n) is 6.69. The van der Waals surface area contributed by atoms with E-state index in [0.717, 1.165) is 19.3 Å². The summed E-state index contributed by atoms with van der Waals surface area (Å²) in [6.07, 6.45) is 21.2. The number of allylic oxidation sites excluding steroid dienone is 10. The van der Waals surface area contributed by atoms with Gasteiger partial charge in [-0.1, -0.05) is 62.5 Å². The smallest absolute Gasteiger partial charge is 0.00833 e. The van der Waals surface area contributed by atoms with E-state index in [1.54, 1.807) is 0 Å². The lowest BCUT2D eigenvalue weighted by Gasteiger charge is -2.18. The van der Waals surface area contributed by atoms with E-state index >= 15 is 0 Å². The minimum atomic E-state index is 0.533. The zero-order chi connectivity index (χ0) is 12.5. The Labute approximate surface area is 106 Å². The Morgan fingerprint density at radius 3 is 2.82 bits per heavy atom. The minimum absolute atomic E-state index is 0.533. The van der Waals surface area contributed by atoms with Crippen LogP contribution in [0.2, 0.25) is 0 Å². The second-order valence-corrected chi connectivity index (χ2v) is 4.31. The average molecular weight is 228 g/mol. The Balaban J connectivity index is 2.99. The normalized spacial score (nSPS) is 18.3. The minimum Gasteiger partial charge on any atom is -0.0874 e. The second kappa shape index (κ2) is 7.89. The van der Waals surface area contributed by atoms with Crippen molar-refractivity contribution in [2.45, 2.75) is 40.0 Å². The molecule has 17 heavy (non-hydrogen) atoms. The van der Waals surface area contributed by atoms with E-state index in [1.165, 1.54) is 11.1 Å². The van der Waals surface area contributed by atoms with E-state index < -0.39 is 0 Å². The first-order valence-corrected chi connectivity index (χ1v) is 6.69. The van der Waals surface area contributed by atoms with Crippen LogP contribution in [0.1, 0.15) is 40.0 Å². The van der Waals surface area contributed by atoms with Crippen LogP contribution in [0.15, 0.2) is 59.8 Å². The first kappa shape index (κ1) is 13.8. The van der Waals surface area contributed by atoms with Crippen molar-refractivity contribution in [2.75, 3.05) is 0 Å². The van der Waals surface area contributed by atoms with Gasteiger partial charge in [-0.3, -0.25) is 0 Å². The van der Waals surface area contributed by atoms with Gasteiger partial charge in [0.15, 0.2) is 0 Å². The van der Waals surface area contributed by atoms with Crippen LogP contribution >= 0.6 is 0 Å². The van der Waals surface area contributed by atoms with Crippen molar-refractivity contribution in [3.63, 3.8) is 0 Å². The number of hydrogen-bond donors (Lipinski definition) is 0. The van der Waals surface area contributed by atoms with Gasteiger partial charge in [0, 0.05) is 5.92 Å². The van der Waals surface area contributed by atoms with Crippen LogP contribution in [-0.2, 0) is 0 Å². The number of hydrogen-bond acceptors (Lipinski definition) is 0. The highest BCUT2D eigenvalue weighted by molar-refractivity contribution is 5.38. The molecule has 92 valence electrons. The summed E-state index contributed by atoms with van der Waals surface area (Å²) in [5.41, 5.74) is 2.88. The Morgan fingerprint density at radius 1 is 1.35 bits per heavy atom. The van der Waals surface area contributed by atoms with E-state index in [9.17, 15) is 0 Å². The zero-order valence-corrected chi connectivity index (χ0v) is 11.3. The fourth-order valence-corrected chi connectivity index (χ4v) is 2.25. The van der Waals surface area contributed by atoms with E-state index in [2.05, 4.69) is 69.4 Å². The average Bonchev–Trinajstić information content (AvgIpc) is 2.60. The van der Waals surface area contributed by atoms with Gasteiger partial charge in [-0.25, -0.2) is 0 Å². The maximum Gasteiger partial charge on any atom is 0.00833 e. The van der Waals surface area contributed by atoms with Crippen LogP contribution in [0.4, 0.5) is 0 Å². The summed E-state index contributed by atoms with van der Waals surface area (Å²) in [5, 5.41) is 0. The predicted molar refractivity (Wildman–Crippen MR) is 77.9 cm³/mol. The summed E-state index contributed by atoms with van der Waals surface area (Å²) in [6, 6.07) is 0. The Hall–Kier alpha value is -1.30. The predicted octanol–water partition coefficient (Wildman–Crippen LogP) is 5.37. The maximum atomic E-state index is 2.34. The third kappa shape index (κ3) is 4.22. The van der Waals surface area contributed by atoms with Gasteiger partial charge >= 0.3 is 0 Å². The van der Waals surface area contributed by atoms with Gasteiger partial charge in [-0.05, 0) is 37.3 Å². The van der Waals surface area contributed by atoms with Crippen LogP contribution in [0.25, 0.3) is 0 Å². The molecule has 1 unspecified atom stereocenters. The van der Waals surface area contributed by atoms with E-state index in [1.807, 2.05) is 0 Å². The standard InChI is InChI=1S/C17H24/c1-4-11-15(12-5-2)17(6-3)16-13-9-7-8-10-14-16/h4,7,9-14,17H,5-6,8H2,1-3H3/b11-4-,15-12+. The molecule has 0 bridgehead atoms. The highest BCUT2D eigenvalue weighted by atomic mass is 14.2. The lowest BCUT2D eigenvalue weighted by atomic mass is 9.87. The molecular formula is C17H24. The molecule has 0 nitrogen and oxygen atoms in total. The van der Waals surface area contributed by atoms with Crippen LogP contribution < -0.4 is 0 Å². The van der Waals surface area contributed by atoms with E-state index in [0.29, 0.717) is 5.92 Å². The quantitative estimate of drug-likeness (QED) is 0.555. The van der Waals surface area contributed by atoms with Crippen molar-refractivity contribution in [1.82, 2.24) is 0 Å². The lowest BCUT2D eigenvalue weighted by molar-refractivity contribution is 0.711. The largest absolute Gasteiger partial charge is 0.0874 e.